The van der Waals surface area contributed by atoms with Gasteiger partial charge in [0.25, 0.3) is 5.91 Å². The number of nitrogens with one attached hydrogen (secondary N) is 2. The van der Waals surface area contributed by atoms with Gasteiger partial charge >= 0.3 is 0 Å². The summed E-state index contributed by atoms with van der Waals surface area (Å²) in [6, 6.07) is 5.68. The first kappa shape index (κ1) is 16.8. The third-order valence-corrected chi connectivity index (χ3v) is 5.44. The predicted octanol–water partition coefficient (Wildman–Crippen LogP) is 3.87. The minimum atomic E-state index is -0.0964. The Morgan fingerprint density at radius 3 is 2.92 bits per heavy atom. The molecule has 2 N–H and O–H groups in total. The van der Waals surface area contributed by atoms with E-state index in [1.807, 2.05) is 25.3 Å². The molecule has 4 rings (SSSR count). The Morgan fingerprint density at radius 1 is 1.31 bits per heavy atom. The van der Waals surface area contributed by atoms with Crippen LogP contribution < -0.4 is 10.6 Å². The Labute approximate surface area is 153 Å². The highest BCUT2D eigenvalue weighted by atomic mass is 16.2. The molecule has 0 saturated heterocycles. The molecule has 5 heteroatoms. The zero-order valence-corrected chi connectivity index (χ0v) is 15.0. The van der Waals surface area contributed by atoms with Gasteiger partial charge in [0.15, 0.2) is 0 Å². The lowest BCUT2D eigenvalue weighted by Gasteiger charge is -2.26. The van der Waals surface area contributed by atoms with Gasteiger partial charge in [-0.2, -0.15) is 0 Å². The van der Waals surface area contributed by atoms with E-state index in [2.05, 4.69) is 15.6 Å². The summed E-state index contributed by atoms with van der Waals surface area (Å²) < 4.78 is 0. The first-order chi connectivity index (χ1) is 12.6. The second kappa shape index (κ2) is 6.90. The number of carbonyl (C=O) groups excluding carboxylic acids is 2. The van der Waals surface area contributed by atoms with Crippen LogP contribution in [0.3, 0.4) is 0 Å². The van der Waals surface area contributed by atoms with Crippen molar-refractivity contribution in [2.75, 3.05) is 10.6 Å². The first-order valence-electron chi connectivity index (χ1n) is 9.28. The molecule has 2 amide bonds. The molecule has 1 aromatic heterocycles. The van der Waals surface area contributed by atoms with Gasteiger partial charge in [-0.05, 0) is 60.6 Å². The molecular weight excluding hydrogens is 326 g/mol. The summed E-state index contributed by atoms with van der Waals surface area (Å²) in [6.07, 6.45) is 9.38. The summed E-state index contributed by atoms with van der Waals surface area (Å²) in [7, 11) is 0. The summed E-state index contributed by atoms with van der Waals surface area (Å²) in [5, 5.41) is 5.95. The molecular formula is C21H23N3O2. The Bertz CT molecular complexity index is 872. The fourth-order valence-corrected chi connectivity index (χ4v) is 3.78. The lowest BCUT2D eigenvalue weighted by molar-refractivity contribution is -0.116. The Balaban J connectivity index is 1.55. The van der Waals surface area contributed by atoms with Gasteiger partial charge in [0, 0.05) is 35.8 Å². The molecule has 2 heterocycles. The zero-order chi connectivity index (χ0) is 18.1. The van der Waals surface area contributed by atoms with Gasteiger partial charge in [0.05, 0.1) is 0 Å². The van der Waals surface area contributed by atoms with Gasteiger partial charge in [0.2, 0.25) is 5.91 Å². The van der Waals surface area contributed by atoms with Crippen molar-refractivity contribution in [3.63, 3.8) is 0 Å². The molecule has 2 aromatic rings. The summed E-state index contributed by atoms with van der Waals surface area (Å²) in [4.78, 5) is 28.6. The second-order valence-electron chi connectivity index (χ2n) is 7.36. The van der Waals surface area contributed by atoms with E-state index >= 15 is 0 Å². The van der Waals surface area contributed by atoms with E-state index < -0.39 is 0 Å². The highest BCUT2D eigenvalue weighted by Gasteiger charge is 2.22. The first-order valence-corrected chi connectivity index (χ1v) is 9.28. The highest BCUT2D eigenvalue weighted by molar-refractivity contribution is 6.05. The fraction of sp³-hybridized carbons (Fsp3) is 0.381. The highest BCUT2D eigenvalue weighted by Crippen LogP contribution is 2.32. The number of aromatic nitrogens is 1. The normalized spacial score (nSPS) is 16.4. The van der Waals surface area contributed by atoms with Crippen molar-refractivity contribution in [1.29, 1.82) is 0 Å². The van der Waals surface area contributed by atoms with Crippen LogP contribution in [0.5, 0.6) is 0 Å². The van der Waals surface area contributed by atoms with Crippen LogP contribution >= 0.6 is 0 Å². The smallest absolute Gasteiger partial charge is 0.256 e. The van der Waals surface area contributed by atoms with E-state index in [1.165, 1.54) is 19.3 Å². The summed E-state index contributed by atoms with van der Waals surface area (Å²) >= 11 is 0. The van der Waals surface area contributed by atoms with E-state index in [0.717, 1.165) is 34.5 Å². The maximum atomic E-state index is 12.8. The van der Waals surface area contributed by atoms with E-state index in [1.54, 1.807) is 12.3 Å². The van der Waals surface area contributed by atoms with Crippen LogP contribution in [0.1, 0.15) is 52.7 Å². The minimum Gasteiger partial charge on any atom is -0.326 e. The maximum Gasteiger partial charge on any atom is 0.256 e. The number of pyridine rings is 1. The summed E-state index contributed by atoms with van der Waals surface area (Å²) in [5.41, 5.74) is 5.43. The number of amides is 2. The lowest BCUT2D eigenvalue weighted by Crippen LogP contribution is -2.21. The number of rotatable bonds is 4. The number of aryl methyl sites for hydroxylation is 2. The zero-order valence-electron chi connectivity index (χ0n) is 15.0. The summed E-state index contributed by atoms with van der Waals surface area (Å²) in [5.74, 6) is 0.635. The number of carbonyl (C=O) groups is 2. The molecule has 1 fully saturated rings. The van der Waals surface area contributed by atoms with Crippen molar-refractivity contribution in [2.24, 2.45) is 5.92 Å². The van der Waals surface area contributed by atoms with Crippen LogP contribution in [-0.2, 0) is 17.6 Å². The fourth-order valence-electron chi connectivity index (χ4n) is 3.78. The molecule has 26 heavy (non-hydrogen) atoms. The van der Waals surface area contributed by atoms with Crippen LogP contribution in [0.4, 0.5) is 11.4 Å². The molecule has 1 aliphatic heterocycles. The van der Waals surface area contributed by atoms with Crippen LogP contribution in [0, 0.1) is 12.8 Å². The molecule has 1 saturated carbocycles. The molecule has 5 nitrogen and oxygen atoms in total. The monoisotopic (exact) mass is 349 g/mol. The van der Waals surface area contributed by atoms with Gasteiger partial charge in [-0.25, -0.2) is 0 Å². The Kier molecular flexibility index (Phi) is 4.45. The van der Waals surface area contributed by atoms with Gasteiger partial charge in [0.1, 0.15) is 0 Å². The van der Waals surface area contributed by atoms with Gasteiger partial charge in [-0.3, -0.25) is 14.6 Å². The van der Waals surface area contributed by atoms with Crippen LogP contribution in [0.25, 0.3) is 0 Å². The lowest BCUT2D eigenvalue weighted by atomic mass is 9.80. The molecule has 2 aliphatic rings. The largest absolute Gasteiger partial charge is 0.326 e. The minimum absolute atomic E-state index is 0.0507. The molecule has 134 valence electrons. The third-order valence-electron chi connectivity index (χ3n) is 5.44. The maximum absolute atomic E-state index is 12.8. The van der Waals surface area contributed by atoms with E-state index in [9.17, 15) is 9.59 Å². The average molecular weight is 349 g/mol. The van der Waals surface area contributed by atoms with E-state index in [-0.39, 0.29) is 11.8 Å². The molecule has 0 spiro atoms. The van der Waals surface area contributed by atoms with Crippen LogP contribution in [0.15, 0.2) is 30.6 Å². The van der Waals surface area contributed by atoms with Crippen molar-refractivity contribution >= 4 is 23.2 Å². The Morgan fingerprint density at radius 2 is 2.15 bits per heavy atom. The summed E-state index contributed by atoms with van der Waals surface area (Å²) in [6.45, 7) is 1.95. The third kappa shape index (κ3) is 3.34. The quantitative estimate of drug-likeness (QED) is 0.880. The molecule has 0 atom stereocenters. The number of hydrogen-bond acceptors (Lipinski definition) is 3. The second-order valence-corrected chi connectivity index (χ2v) is 7.36. The van der Waals surface area contributed by atoms with Crippen LogP contribution in [0.2, 0.25) is 0 Å². The topological polar surface area (TPSA) is 71.1 Å². The number of benzene rings is 1. The van der Waals surface area contributed by atoms with Crippen molar-refractivity contribution in [3.8, 4) is 0 Å². The van der Waals surface area contributed by atoms with Crippen molar-refractivity contribution < 1.29 is 9.59 Å². The standard InChI is InChI=1S/C21H23N3O2/c1-13-9-17(11-15-5-6-19(25)24-20(13)15)23-21(26)18-7-8-22-12-16(18)10-14-3-2-4-14/h7-9,11-12,14H,2-6,10H2,1H3,(H,23,26)(H,24,25). The average Bonchev–Trinajstić information content (AvgIpc) is 2.59. The SMILES string of the molecule is Cc1cc(NC(=O)c2ccncc2CC2CCC2)cc2c1NC(=O)CC2. The van der Waals surface area contributed by atoms with Crippen LogP contribution in [-0.4, -0.2) is 16.8 Å². The van der Waals surface area contributed by atoms with E-state index in [4.69, 9.17) is 0 Å². The predicted molar refractivity (Wildman–Crippen MR) is 101 cm³/mol. The van der Waals surface area contributed by atoms with Crippen molar-refractivity contribution in [2.45, 2.75) is 45.4 Å². The van der Waals surface area contributed by atoms with Crippen molar-refractivity contribution in [3.05, 3.63) is 52.8 Å². The van der Waals surface area contributed by atoms with E-state index in [0.29, 0.717) is 24.3 Å². The Hall–Kier alpha value is -2.69. The van der Waals surface area contributed by atoms with Crippen molar-refractivity contribution in [1.82, 2.24) is 4.98 Å². The number of hydrogen-bond donors (Lipinski definition) is 2. The number of fused-ring (bicyclic) bond motifs is 1. The number of nitrogens with zero attached hydrogens (tertiary/aromatic N) is 1. The van der Waals surface area contributed by atoms with Gasteiger partial charge < -0.3 is 10.6 Å². The molecule has 1 aliphatic carbocycles. The molecule has 1 aromatic carbocycles. The van der Waals surface area contributed by atoms with Gasteiger partial charge in [-0.1, -0.05) is 19.3 Å². The number of anilines is 2. The molecule has 0 bridgehead atoms. The molecule has 0 radical (unpaired) electrons. The molecule has 0 unspecified atom stereocenters. The van der Waals surface area contributed by atoms with Gasteiger partial charge in [-0.15, -0.1) is 0 Å².